The van der Waals surface area contributed by atoms with Crippen LogP contribution in [-0.2, 0) is 0 Å². The maximum absolute atomic E-state index is 12.5. The van der Waals surface area contributed by atoms with Crippen molar-refractivity contribution >= 4 is 5.91 Å². The van der Waals surface area contributed by atoms with Crippen LogP contribution >= 0.6 is 0 Å². The molecule has 3 heterocycles. The van der Waals surface area contributed by atoms with Gasteiger partial charge in [0.05, 0.1) is 11.7 Å². The molecule has 1 aliphatic rings. The summed E-state index contributed by atoms with van der Waals surface area (Å²) in [5, 5.41) is 3.87. The molecule has 1 atom stereocenters. The number of carbonyl (C=O) groups is 1. The van der Waals surface area contributed by atoms with Crippen molar-refractivity contribution < 1.29 is 9.32 Å². The average Bonchev–Trinajstić information content (AvgIpc) is 3.06. The molecule has 0 radical (unpaired) electrons. The van der Waals surface area contributed by atoms with Crippen LogP contribution in [0.25, 0.3) is 0 Å². The van der Waals surface area contributed by atoms with Gasteiger partial charge in [0.2, 0.25) is 5.56 Å². The maximum Gasteiger partial charge on any atom is 0.254 e. The van der Waals surface area contributed by atoms with Crippen molar-refractivity contribution in [3.05, 3.63) is 51.8 Å². The molecule has 0 aliphatic carbocycles. The number of likely N-dealkylation sites (tertiary alicyclic amines) is 1. The number of hydrogen-bond acceptors (Lipinski definition) is 4. The van der Waals surface area contributed by atoms with Gasteiger partial charge in [-0.15, -0.1) is 0 Å². The summed E-state index contributed by atoms with van der Waals surface area (Å²) in [6, 6.07) is 4.70. The highest BCUT2D eigenvalue weighted by Crippen LogP contribution is 2.33. The molecule has 20 heavy (non-hydrogen) atoms. The molecule has 3 rings (SSSR count). The number of hydrogen-bond donors (Lipinski definition) is 1. The van der Waals surface area contributed by atoms with Crippen molar-refractivity contribution in [2.75, 3.05) is 6.54 Å². The first-order valence-electron chi connectivity index (χ1n) is 6.58. The number of H-pyrrole nitrogens is 1. The number of nitrogens with zero attached hydrogens (tertiary/aromatic N) is 2. The fourth-order valence-corrected chi connectivity index (χ4v) is 2.59. The van der Waals surface area contributed by atoms with E-state index in [0.29, 0.717) is 17.9 Å². The molecule has 1 amide bonds. The van der Waals surface area contributed by atoms with E-state index in [4.69, 9.17) is 4.52 Å². The summed E-state index contributed by atoms with van der Waals surface area (Å²) in [4.78, 5) is 28.1. The fraction of sp³-hybridized carbons (Fsp3) is 0.357. The molecular weight excluding hydrogens is 258 g/mol. The Balaban J connectivity index is 1.89. The van der Waals surface area contributed by atoms with E-state index in [9.17, 15) is 9.59 Å². The zero-order chi connectivity index (χ0) is 14.1. The van der Waals surface area contributed by atoms with E-state index < -0.39 is 0 Å². The Morgan fingerprint density at radius 3 is 3.05 bits per heavy atom. The number of aromatic amines is 1. The molecule has 2 aromatic heterocycles. The molecule has 6 heteroatoms. The largest absolute Gasteiger partial charge is 0.359 e. The average molecular weight is 273 g/mol. The first kappa shape index (κ1) is 12.7. The van der Waals surface area contributed by atoms with E-state index in [2.05, 4.69) is 10.1 Å². The number of amides is 1. The predicted molar refractivity (Wildman–Crippen MR) is 71.3 cm³/mol. The smallest absolute Gasteiger partial charge is 0.254 e. The van der Waals surface area contributed by atoms with Gasteiger partial charge in [0.25, 0.3) is 5.91 Å². The number of aryl methyl sites for hydroxylation is 1. The zero-order valence-electron chi connectivity index (χ0n) is 11.1. The minimum absolute atomic E-state index is 0.0945. The van der Waals surface area contributed by atoms with E-state index in [0.717, 1.165) is 18.5 Å². The van der Waals surface area contributed by atoms with E-state index in [-0.39, 0.29) is 17.5 Å². The molecule has 1 fully saturated rings. The summed E-state index contributed by atoms with van der Waals surface area (Å²) in [6.45, 7) is 2.51. The van der Waals surface area contributed by atoms with Crippen LogP contribution in [0, 0.1) is 6.92 Å². The van der Waals surface area contributed by atoms with Gasteiger partial charge in [-0.1, -0.05) is 5.16 Å². The number of pyridine rings is 1. The van der Waals surface area contributed by atoms with Crippen molar-refractivity contribution in [1.29, 1.82) is 0 Å². The van der Waals surface area contributed by atoms with Crippen LogP contribution in [0.15, 0.2) is 33.7 Å². The topological polar surface area (TPSA) is 79.2 Å². The Morgan fingerprint density at radius 2 is 2.35 bits per heavy atom. The highest BCUT2D eigenvalue weighted by Gasteiger charge is 2.33. The highest BCUT2D eigenvalue weighted by molar-refractivity contribution is 5.94. The summed E-state index contributed by atoms with van der Waals surface area (Å²) in [5.41, 5.74) is 0.925. The third-order valence-corrected chi connectivity index (χ3v) is 3.51. The fourth-order valence-electron chi connectivity index (χ4n) is 2.59. The molecule has 6 nitrogen and oxygen atoms in total. The normalized spacial score (nSPS) is 18.4. The molecule has 2 aromatic rings. The Kier molecular flexibility index (Phi) is 3.14. The monoisotopic (exact) mass is 273 g/mol. The molecule has 0 spiro atoms. The van der Waals surface area contributed by atoms with Gasteiger partial charge < -0.3 is 14.4 Å². The van der Waals surface area contributed by atoms with E-state index in [1.165, 1.54) is 12.3 Å². The molecule has 1 aliphatic heterocycles. The van der Waals surface area contributed by atoms with Gasteiger partial charge >= 0.3 is 0 Å². The second-order valence-electron chi connectivity index (χ2n) is 4.97. The van der Waals surface area contributed by atoms with Crippen LogP contribution in [0.4, 0.5) is 0 Å². The third-order valence-electron chi connectivity index (χ3n) is 3.51. The summed E-state index contributed by atoms with van der Waals surface area (Å²) in [5.74, 6) is 0.561. The van der Waals surface area contributed by atoms with Crippen molar-refractivity contribution in [2.24, 2.45) is 0 Å². The molecule has 0 aromatic carbocycles. The lowest BCUT2D eigenvalue weighted by Gasteiger charge is -2.22. The summed E-state index contributed by atoms with van der Waals surface area (Å²) in [7, 11) is 0. The van der Waals surface area contributed by atoms with Crippen LogP contribution < -0.4 is 5.56 Å². The van der Waals surface area contributed by atoms with Gasteiger partial charge in [-0.3, -0.25) is 9.59 Å². The Morgan fingerprint density at radius 1 is 1.50 bits per heavy atom. The van der Waals surface area contributed by atoms with Crippen LogP contribution in [0.5, 0.6) is 0 Å². The van der Waals surface area contributed by atoms with Crippen LogP contribution in [-0.4, -0.2) is 27.5 Å². The lowest BCUT2D eigenvalue weighted by Crippen LogP contribution is -2.31. The third kappa shape index (κ3) is 2.24. The lowest BCUT2D eigenvalue weighted by molar-refractivity contribution is 0.0714. The molecule has 0 bridgehead atoms. The molecule has 1 N–H and O–H groups in total. The standard InChI is InChI=1S/C14H15N3O3/c1-9-7-12(20-16-9)11-3-2-6-17(11)14(19)10-4-5-15-13(18)8-10/h4-5,7-8,11H,2-3,6H2,1H3,(H,15,18). The first-order chi connectivity index (χ1) is 9.65. The maximum atomic E-state index is 12.5. The molecule has 1 unspecified atom stereocenters. The first-order valence-corrected chi connectivity index (χ1v) is 6.58. The van der Waals surface area contributed by atoms with Gasteiger partial charge in [-0.05, 0) is 25.8 Å². The van der Waals surface area contributed by atoms with Gasteiger partial charge in [-0.25, -0.2) is 0 Å². The lowest BCUT2D eigenvalue weighted by atomic mass is 10.1. The molecule has 1 saturated heterocycles. The molecule has 104 valence electrons. The van der Waals surface area contributed by atoms with Gasteiger partial charge in [0.15, 0.2) is 5.76 Å². The van der Waals surface area contributed by atoms with E-state index in [1.54, 1.807) is 11.0 Å². The molecule has 0 saturated carbocycles. The highest BCUT2D eigenvalue weighted by atomic mass is 16.5. The van der Waals surface area contributed by atoms with Crippen LogP contribution in [0.1, 0.15) is 40.7 Å². The van der Waals surface area contributed by atoms with Crippen molar-refractivity contribution in [1.82, 2.24) is 15.0 Å². The minimum atomic E-state index is -0.276. The predicted octanol–water partition coefficient (Wildman–Crippen LogP) is 1.65. The second-order valence-corrected chi connectivity index (χ2v) is 4.97. The zero-order valence-corrected chi connectivity index (χ0v) is 11.1. The minimum Gasteiger partial charge on any atom is -0.359 e. The van der Waals surface area contributed by atoms with Crippen LogP contribution in [0.2, 0.25) is 0 Å². The number of carbonyl (C=O) groups excluding carboxylic acids is 1. The number of aromatic nitrogens is 2. The Hall–Kier alpha value is -2.37. The number of nitrogens with one attached hydrogen (secondary N) is 1. The molecular formula is C14H15N3O3. The quantitative estimate of drug-likeness (QED) is 0.902. The van der Waals surface area contributed by atoms with Crippen molar-refractivity contribution in [2.45, 2.75) is 25.8 Å². The van der Waals surface area contributed by atoms with Gasteiger partial charge in [-0.2, -0.15) is 0 Å². The summed E-state index contributed by atoms with van der Waals surface area (Å²) >= 11 is 0. The van der Waals surface area contributed by atoms with E-state index in [1.807, 2.05) is 13.0 Å². The number of rotatable bonds is 2. The Bertz CT molecular complexity index is 689. The Labute approximate surface area is 115 Å². The van der Waals surface area contributed by atoms with Crippen molar-refractivity contribution in [3.63, 3.8) is 0 Å². The second kappa shape index (κ2) is 4.96. The summed E-state index contributed by atoms with van der Waals surface area (Å²) in [6.07, 6.45) is 3.25. The van der Waals surface area contributed by atoms with Gasteiger partial charge in [0.1, 0.15) is 0 Å². The van der Waals surface area contributed by atoms with Crippen LogP contribution in [0.3, 0.4) is 0 Å². The van der Waals surface area contributed by atoms with Gasteiger partial charge in [0, 0.05) is 30.4 Å². The van der Waals surface area contributed by atoms with E-state index >= 15 is 0 Å². The summed E-state index contributed by atoms with van der Waals surface area (Å²) < 4.78 is 5.28. The van der Waals surface area contributed by atoms with Crippen molar-refractivity contribution in [3.8, 4) is 0 Å². The SMILES string of the molecule is Cc1cc(C2CCCN2C(=O)c2cc[nH]c(=O)c2)on1.